The van der Waals surface area contributed by atoms with E-state index >= 15 is 0 Å². The number of carbonyl (C=O) groups is 1. The number of hydrogen-bond donors (Lipinski definition) is 2. The third-order valence-electron chi connectivity index (χ3n) is 10.6. The fourth-order valence-corrected chi connectivity index (χ4v) is 9.81. The molecular formula is C43H26N9Na5O17S5. The minimum Gasteiger partial charge on any atom is -0.744 e. The van der Waals surface area contributed by atoms with Crippen LogP contribution in [0.3, 0.4) is 0 Å². The van der Waals surface area contributed by atoms with Gasteiger partial charge in [-0.2, -0.15) is 15.3 Å². The van der Waals surface area contributed by atoms with E-state index in [0.717, 1.165) is 79.9 Å². The van der Waals surface area contributed by atoms with E-state index in [2.05, 4.69) is 41.2 Å². The summed E-state index contributed by atoms with van der Waals surface area (Å²) in [6.45, 7) is 0. The Morgan fingerprint density at radius 2 is 0.937 bits per heavy atom. The summed E-state index contributed by atoms with van der Waals surface area (Å²) in [4.78, 5) is 10.1. The number of ether oxygens (including phenoxy) is 1. The summed E-state index contributed by atoms with van der Waals surface area (Å²) in [5.74, 6) is -1.39. The quantitative estimate of drug-likeness (QED) is 0.0336. The van der Waals surface area contributed by atoms with Gasteiger partial charge in [-0.05, 0) is 91.0 Å². The van der Waals surface area contributed by atoms with Gasteiger partial charge >= 0.3 is 148 Å². The number of rotatable bonds is 14. The number of Topliss-reactive ketones (excluding diaryl/α,β-unsaturated/α-hetero) is 1. The number of hydrogen-bond acceptors (Lipinski definition) is 26. The van der Waals surface area contributed by atoms with Crippen molar-refractivity contribution in [3.63, 3.8) is 0 Å². The van der Waals surface area contributed by atoms with Crippen molar-refractivity contribution in [3.8, 4) is 5.75 Å². The zero-order valence-electron chi connectivity index (χ0n) is 41.7. The molecule has 0 amide bonds. The Kier molecular flexibility index (Phi) is 24.4. The SMILES string of the molecule is COc1cc(N=Nc2ccc(N=Nc3cccc(S(=O)(=O)[O-])c3)c3ccc(S(=O)(=O)[O-])cc23)c2cc(S(=O)(=O)[O-])ccc2c1N/N=C1\C(=O)c2ccc(N)c(N=Nc3cccc(S(=O)(=O)[O-])c3)c2C=C1S(=O)(=O)[O-].[Na+].[Na+].[Na+].[Na+].[Na+]. The molecule has 0 radical (unpaired) electrons. The van der Waals surface area contributed by atoms with E-state index in [1.54, 1.807) is 0 Å². The second kappa shape index (κ2) is 27.5. The molecule has 0 atom stereocenters. The molecular weight excluding hydrogens is 1190 g/mol. The van der Waals surface area contributed by atoms with Gasteiger partial charge in [-0.3, -0.25) is 10.2 Å². The fourth-order valence-electron chi connectivity index (χ4n) is 7.16. The average molecular weight is 1220 g/mol. The van der Waals surface area contributed by atoms with Crippen LogP contribution >= 0.6 is 0 Å². The monoisotopic (exact) mass is 1210 g/mol. The number of nitrogens with zero attached hydrogens (tertiary/aromatic N) is 7. The molecule has 0 unspecified atom stereocenters. The van der Waals surface area contributed by atoms with Crippen molar-refractivity contribution in [3.05, 3.63) is 131 Å². The summed E-state index contributed by atoms with van der Waals surface area (Å²) in [7, 11) is -24.5. The maximum Gasteiger partial charge on any atom is 1.00 e. The molecule has 0 saturated carbocycles. The van der Waals surface area contributed by atoms with E-state index in [9.17, 15) is 69.6 Å². The molecule has 0 saturated heterocycles. The number of azo groups is 3. The van der Waals surface area contributed by atoms with Crippen molar-refractivity contribution >= 4 is 135 Å². The van der Waals surface area contributed by atoms with Gasteiger partial charge < -0.3 is 33.2 Å². The van der Waals surface area contributed by atoms with Gasteiger partial charge in [0.2, 0.25) is 5.78 Å². The topological polar surface area (TPSA) is 437 Å². The second-order valence-corrected chi connectivity index (χ2v) is 22.1. The number of nitrogens with two attached hydrogens (primary N) is 1. The van der Waals surface area contributed by atoms with Crippen molar-refractivity contribution in [2.24, 2.45) is 35.8 Å². The largest absolute Gasteiger partial charge is 1.00 e. The number of allylic oxidation sites excluding steroid dienone is 1. The number of methoxy groups -OCH3 is 1. The molecule has 0 heterocycles. The van der Waals surface area contributed by atoms with Gasteiger partial charge in [-0.15, -0.1) is 20.5 Å². The maximum atomic E-state index is 14.1. The van der Waals surface area contributed by atoms with E-state index in [1.807, 2.05) is 0 Å². The summed E-state index contributed by atoms with van der Waals surface area (Å²) in [5, 5.41) is 28.1. The summed E-state index contributed by atoms with van der Waals surface area (Å²) in [6.07, 6.45) is 0.741. The van der Waals surface area contributed by atoms with Crippen LogP contribution in [-0.4, -0.2) is 83.5 Å². The first-order valence-electron chi connectivity index (χ1n) is 20.1. The molecule has 26 nitrogen and oxygen atoms in total. The van der Waals surface area contributed by atoms with Crippen LogP contribution in [0.5, 0.6) is 5.75 Å². The van der Waals surface area contributed by atoms with Gasteiger partial charge in [0.1, 0.15) is 73.4 Å². The Labute approximate surface area is 560 Å². The zero-order valence-corrected chi connectivity index (χ0v) is 55.8. The van der Waals surface area contributed by atoms with E-state index in [1.165, 1.54) is 48.5 Å². The standard InChI is InChI=1S/C43H31N9O17S5.5Na/c1-69-38-21-37(49-48-36-15-14-35(28-10-8-26(18-31(28)36)72(60,61)62)47-45-22-4-2-6-24(16-22)70(54,55)56)32-19-27(73(63,64)65)9-11-29(32)41(38)51-52-42-39(74(66,67)68)20-33-30(43(42)53)12-13-34(44)40(33)50-46-23-5-3-7-25(17-23)71(57,58)59;;;;;/h2-21,51H,44H2,1H3,(H,54,55,56)(H,57,58,59)(H,60,61,62)(H,63,64,65)(H,66,67,68);;;;;/q;5*+1/p-5/b47-45?,49-48?,50-46?,52-42-;;;;;. The maximum absolute atomic E-state index is 14.1. The Morgan fingerprint density at radius 1 is 0.481 bits per heavy atom. The summed E-state index contributed by atoms with van der Waals surface area (Å²) in [6, 6.07) is 21.0. The Morgan fingerprint density at radius 3 is 1.44 bits per heavy atom. The number of carbonyl (C=O) groups excluding carboxylic acids is 1. The Balaban J connectivity index is 0.00000328. The first-order valence-corrected chi connectivity index (χ1v) is 27.2. The number of ketones is 1. The Bertz CT molecular complexity index is 4360. The van der Waals surface area contributed by atoms with Crippen molar-refractivity contribution in [1.29, 1.82) is 0 Å². The number of hydrazone groups is 1. The van der Waals surface area contributed by atoms with Crippen LogP contribution in [0.15, 0.2) is 176 Å². The normalized spacial score (nSPS) is 13.5. The summed E-state index contributed by atoms with van der Waals surface area (Å²) >= 11 is 0. The molecule has 7 aromatic carbocycles. The smallest absolute Gasteiger partial charge is 0.744 e. The Hall–Kier alpha value is -3.11. The number of benzene rings is 7. The first-order chi connectivity index (χ1) is 34.6. The molecule has 7 aromatic rings. The second-order valence-electron chi connectivity index (χ2n) is 15.2. The van der Waals surface area contributed by atoms with Gasteiger partial charge in [0, 0.05) is 38.7 Å². The molecule has 0 fully saturated rings. The van der Waals surface area contributed by atoms with Gasteiger partial charge in [0.15, 0.2) is 0 Å². The van der Waals surface area contributed by atoms with Crippen LogP contribution in [0.2, 0.25) is 0 Å². The van der Waals surface area contributed by atoms with Crippen LogP contribution in [0, 0.1) is 0 Å². The van der Waals surface area contributed by atoms with E-state index in [0.29, 0.717) is 0 Å². The predicted molar refractivity (Wildman–Crippen MR) is 256 cm³/mol. The van der Waals surface area contributed by atoms with Gasteiger partial charge in [-0.25, -0.2) is 42.1 Å². The number of anilines is 2. The fraction of sp³-hybridized carbons (Fsp3) is 0.0233. The van der Waals surface area contributed by atoms with E-state index < -0.39 is 86.6 Å². The molecule has 0 bridgehead atoms. The van der Waals surface area contributed by atoms with Crippen LogP contribution in [0.4, 0.5) is 45.5 Å². The zero-order chi connectivity index (χ0) is 53.7. The molecule has 1 aliphatic carbocycles. The minimum atomic E-state index is -5.59. The molecule has 3 N–H and O–H groups in total. The number of nitrogen functional groups attached to an aromatic ring is 1. The predicted octanol–water partition coefficient (Wildman–Crippen LogP) is -7.98. The average Bonchev–Trinajstić information content (AvgIpc) is 3.33. The number of nitrogens with one attached hydrogen (secondary N) is 1. The van der Waals surface area contributed by atoms with Gasteiger partial charge in [0.25, 0.3) is 0 Å². The molecule has 0 aliphatic heterocycles. The molecule has 36 heteroatoms. The molecule has 79 heavy (non-hydrogen) atoms. The van der Waals surface area contributed by atoms with Gasteiger partial charge in [-0.1, -0.05) is 24.3 Å². The summed E-state index contributed by atoms with van der Waals surface area (Å²) < 4.78 is 186. The van der Waals surface area contributed by atoms with E-state index in [4.69, 9.17) is 10.5 Å². The third-order valence-corrected chi connectivity index (χ3v) is 14.7. The van der Waals surface area contributed by atoms with Crippen LogP contribution in [0.1, 0.15) is 15.9 Å². The minimum absolute atomic E-state index is 0. The summed E-state index contributed by atoms with van der Waals surface area (Å²) in [5.41, 5.74) is 5.64. The number of fused-ring (bicyclic) bond motifs is 3. The molecule has 8 rings (SSSR count). The van der Waals surface area contributed by atoms with Crippen molar-refractivity contribution in [2.45, 2.75) is 19.6 Å². The van der Waals surface area contributed by atoms with Crippen LogP contribution in [-0.2, 0) is 50.6 Å². The van der Waals surface area contributed by atoms with Crippen LogP contribution < -0.4 is 164 Å². The molecule has 0 aromatic heterocycles. The van der Waals surface area contributed by atoms with Crippen molar-refractivity contribution in [1.82, 2.24) is 0 Å². The van der Waals surface area contributed by atoms with E-state index in [-0.39, 0.29) is 232 Å². The van der Waals surface area contributed by atoms with Gasteiger partial charge in [0.05, 0.1) is 65.7 Å². The molecule has 380 valence electrons. The van der Waals surface area contributed by atoms with Crippen molar-refractivity contribution < 1.29 is 222 Å². The first kappa shape index (κ1) is 70.2. The van der Waals surface area contributed by atoms with Crippen molar-refractivity contribution in [2.75, 3.05) is 18.3 Å². The third kappa shape index (κ3) is 16.2. The molecule has 1 aliphatic rings. The van der Waals surface area contributed by atoms with Crippen LogP contribution in [0.25, 0.3) is 27.6 Å². The molecule has 0 spiro atoms.